The Balaban J connectivity index is 1.29. The fourth-order valence-electron chi connectivity index (χ4n) is 3.58. The molecule has 1 aromatic carbocycles. The van der Waals surface area contributed by atoms with Gasteiger partial charge in [0.1, 0.15) is 5.82 Å². The molecule has 6 heteroatoms. The van der Waals surface area contributed by atoms with E-state index < -0.39 is 0 Å². The summed E-state index contributed by atoms with van der Waals surface area (Å²) in [4.78, 5) is 22.4. The molecule has 3 aromatic rings. The van der Waals surface area contributed by atoms with Gasteiger partial charge in [0.05, 0.1) is 17.1 Å². The van der Waals surface area contributed by atoms with Crippen molar-refractivity contribution in [2.75, 3.05) is 13.1 Å². The number of aromatic nitrogens is 4. The van der Waals surface area contributed by atoms with Crippen molar-refractivity contribution in [3.8, 4) is 0 Å². The fourth-order valence-corrected chi connectivity index (χ4v) is 3.58. The van der Waals surface area contributed by atoms with E-state index >= 15 is 0 Å². The van der Waals surface area contributed by atoms with Gasteiger partial charge in [-0.1, -0.05) is 12.1 Å². The molecule has 6 nitrogen and oxygen atoms in total. The summed E-state index contributed by atoms with van der Waals surface area (Å²) < 4.78 is 1.98. The monoisotopic (exact) mass is 337 g/mol. The van der Waals surface area contributed by atoms with Crippen LogP contribution in [0.15, 0.2) is 42.7 Å². The summed E-state index contributed by atoms with van der Waals surface area (Å²) >= 11 is 0. The molecule has 1 fully saturated rings. The molecule has 1 amide bonds. The molecule has 0 aliphatic carbocycles. The number of rotatable bonds is 5. The Morgan fingerprint density at radius 3 is 3.04 bits per heavy atom. The molecule has 130 valence electrons. The molecule has 1 N–H and O–H groups in total. The minimum absolute atomic E-state index is 0.243. The van der Waals surface area contributed by atoms with E-state index in [9.17, 15) is 4.79 Å². The zero-order chi connectivity index (χ0) is 17.1. The van der Waals surface area contributed by atoms with E-state index in [1.54, 1.807) is 6.20 Å². The molecular weight excluding hydrogens is 314 g/mol. The van der Waals surface area contributed by atoms with Gasteiger partial charge in [-0.2, -0.15) is 5.10 Å². The van der Waals surface area contributed by atoms with E-state index in [1.807, 2.05) is 46.1 Å². The van der Waals surface area contributed by atoms with E-state index in [2.05, 4.69) is 15.1 Å². The number of nitrogens with zero attached hydrogens (tertiary/aromatic N) is 4. The molecule has 0 saturated carbocycles. The Bertz CT molecular complexity index is 806. The number of fused-ring (bicyclic) bond motifs is 1. The second kappa shape index (κ2) is 7.09. The molecular formula is C19H23N5O. The first-order valence-electron chi connectivity index (χ1n) is 9.00. The van der Waals surface area contributed by atoms with Crippen molar-refractivity contribution in [3.63, 3.8) is 0 Å². The van der Waals surface area contributed by atoms with Crippen LogP contribution in [0.3, 0.4) is 0 Å². The number of amides is 1. The van der Waals surface area contributed by atoms with Gasteiger partial charge in [-0.15, -0.1) is 0 Å². The molecule has 0 radical (unpaired) electrons. The van der Waals surface area contributed by atoms with E-state index in [4.69, 9.17) is 0 Å². The summed E-state index contributed by atoms with van der Waals surface area (Å²) in [6, 6.07) is 10.3. The highest BCUT2D eigenvalue weighted by molar-refractivity contribution is 5.76. The van der Waals surface area contributed by atoms with E-state index in [0.29, 0.717) is 12.5 Å². The summed E-state index contributed by atoms with van der Waals surface area (Å²) in [7, 11) is 0. The van der Waals surface area contributed by atoms with Gasteiger partial charge in [-0.05, 0) is 37.5 Å². The molecule has 0 bridgehead atoms. The molecule has 4 rings (SSSR count). The molecule has 0 unspecified atom stereocenters. The number of aryl methyl sites for hydroxylation is 1. The second-order valence-electron chi connectivity index (χ2n) is 6.68. The van der Waals surface area contributed by atoms with Crippen molar-refractivity contribution in [3.05, 3.63) is 48.5 Å². The minimum Gasteiger partial charge on any atom is -0.342 e. The van der Waals surface area contributed by atoms with Crippen LogP contribution in [0.4, 0.5) is 0 Å². The third-order valence-electron chi connectivity index (χ3n) is 4.89. The van der Waals surface area contributed by atoms with E-state index in [1.165, 1.54) is 0 Å². The summed E-state index contributed by atoms with van der Waals surface area (Å²) in [6.07, 6.45) is 8.11. The predicted octanol–water partition coefficient (Wildman–Crippen LogP) is 2.95. The lowest BCUT2D eigenvalue weighted by Crippen LogP contribution is -2.40. The molecule has 1 saturated heterocycles. The Morgan fingerprint density at radius 2 is 2.20 bits per heavy atom. The number of carbonyl (C=O) groups is 1. The molecule has 3 heterocycles. The van der Waals surface area contributed by atoms with Gasteiger partial charge < -0.3 is 9.88 Å². The zero-order valence-electron chi connectivity index (χ0n) is 14.3. The number of H-pyrrole nitrogens is 1. The second-order valence-corrected chi connectivity index (χ2v) is 6.68. The van der Waals surface area contributed by atoms with Crippen LogP contribution in [-0.2, 0) is 11.2 Å². The van der Waals surface area contributed by atoms with Crippen LogP contribution in [0.2, 0.25) is 0 Å². The van der Waals surface area contributed by atoms with Gasteiger partial charge in [0.25, 0.3) is 0 Å². The lowest BCUT2D eigenvalue weighted by molar-refractivity contribution is -0.133. The average Bonchev–Trinajstić information content (AvgIpc) is 3.31. The lowest BCUT2D eigenvalue weighted by Gasteiger charge is -2.33. The van der Waals surface area contributed by atoms with Crippen molar-refractivity contribution in [1.82, 2.24) is 24.6 Å². The average molecular weight is 337 g/mol. The van der Waals surface area contributed by atoms with Gasteiger partial charge in [0, 0.05) is 38.3 Å². The van der Waals surface area contributed by atoms with Crippen molar-refractivity contribution < 1.29 is 4.79 Å². The summed E-state index contributed by atoms with van der Waals surface area (Å²) in [6.45, 7) is 1.63. The molecule has 1 aliphatic rings. The number of imidazole rings is 1. The number of piperidine rings is 1. The molecule has 1 aliphatic heterocycles. The van der Waals surface area contributed by atoms with Crippen LogP contribution in [0.1, 0.15) is 37.5 Å². The van der Waals surface area contributed by atoms with E-state index in [-0.39, 0.29) is 5.91 Å². The number of likely N-dealkylation sites (tertiary alicyclic amines) is 1. The van der Waals surface area contributed by atoms with Gasteiger partial charge >= 0.3 is 0 Å². The highest BCUT2D eigenvalue weighted by Gasteiger charge is 2.24. The van der Waals surface area contributed by atoms with Crippen LogP contribution in [0.25, 0.3) is 11.0 Å². The smallest absolute Gasteiger partial charge is 0.222 e. The first-order chi connectivity index (χ1) is 12.3. The van der Waals surface area contributed by atoms with E-state index in [0.717, 1.165) is 55.6 Å². The number of para-hydroxylation sites is 2. The SMILES string of the molecule is O=C(CCCc1nc2ccccc2[nH]1)N1CCC[C@@H](n2cccn2)C1. The lowest BCUT2D eigenvalue weighted by atomic mass is 10.1. The molecule has 0 spiro atoms. The van der Waals surface area contributed by atoms with Crippen LogP contribution in [0, 0.1) is 0 Å². The highest BCUT2D eigenvalue weighted by atomic mass is 16.2. The largest absolute Gasteiger partial charge is 0.342 e. The van der Waals surface area contributed by atoms with Gasteiger partial charge in [-0.3, -0.25) is 9.48 Å². The number of hydrogen-bond donors (Lipinski definition) is 1. The maximum Gasteiger partial charge on any atom is 0.222 e. The summed E-state index contributed by atoms with van der Waals surface area (Å²) in [5, 5.41) is 4.32. The van der Waals surface area contributed by atoms with Crippen molar-refractivity contribution >= 4 is 16.9 Å². The first kappa shape index (κ1) is 15.9. The number of nitrogens with one attached hydrogen (secondary N) is 1. The third kappa shape index (κ3) is 3.57. The maximum atomic E-state index is 12.5. The summed E-state index contributed by atoms with van der Waals surface area (Å²) in [5.41, 5.74) is 2.05. The Hall–Kier alpha value is -2.63. The number of aromatic amines is 1. The topological polar surface area (TPSA) is 66.8 Å². The van der Waals surface area contributed by atoms with Crippen LogP contribution < -0.4 is 0 Å². The minimum atomic E-state index is 0.243. The van der Waals surface area contributed by atoms with Gasteiger partial charge in [-0.25, -0.2) is 4.98 Å². The van der Waals surface area contributed by atoms with Gasteiger partial charge in [0.2, 0.25) is 5.91 Å². The normalized spacial score (nSPS) is 17.9. The van der Waals surface area contributed by atoms with Crippen LogP contribution in [0.5, 0.6) is 0 Å². The predicted molar refractivity (Wildman–Crippen MR) is 96.1 cm³/mol. The number of carbonyl (C=O) groups excluding carboxylic acids is 1. The van der Waals surface area contributed by atoms with Gasteiger partial charge in [0.15, 0.2) is 0 Å². The Kier molecular flexibility index (Phi) is 4.50. The number of hydrogen-bond acceptors (Lipinski definition) is 3. The zero-order valence-corrected chi connectivity index (χ0v) is 14.3. The maximum absolute atomic E-state index is 12.5. The molecule has 1 atom stereocenters. The standard InChI is InChI=1S/C19H23N5O/c25-19(23-12-4-6-15(14-23)24-13-5-11-20-24)10-3-9-18-21-16-7-1-2-8-17(16)22-18/h1-2,5,7-8,11,13,15H,3-4,6,9-10,12,14H2,(H,21,22)/t15-/m1/s1. The molecule has 25 heavy (non-hydrogen) atoms. The van der Waals surface area contributed by atoms with Crippen LogP contribution in [-0.4, -0.2) is 43.6 Å². The number of benzene rings is 1. The first-order valence-corrected chi connectivity index (χ1v) is 9.00. The highest BCUT2D eigenvalue weighted by Crippen LogP contribution is 2.21. The fraction of sp³-hybridized carbons (Fsp3) is 0.421. The third-order valence-corrected chi connectivity index (χ3v) is 4.89. The quantitative estimate of drug-likeness (QED) is 0.778. The summed E-state index contributed by atoms with van der Waals surface area (Å²) in [5.74, 6) is 1.20. The molecule has 2 aromatic heterocycles. The Labute approximate surface area is 146 Å². The van der Waals surface area contributed by atoms with Crippen LogP contribution >= 0.6 is 0 Å². The van der Waals surface area contributed by atoms with Crippen molar-refractivity contribution in [1.29, 1.82) is 0 Å². The Morgan fingerprint density at radius 1 is 1.28 bits per heavy atom. The van der Waals surface area contributed by atoms with Crippen molar-refractivity contribution in [2.45, 2.75) is 38.1 Å². The van der Waals surface area contributed by atoms with Crippen molar-refractivity contribution in [2.24, 2.45) is 0 Å².